The van der Waals surface area contributed by atoms with Gasteiger partial charge in [0, 0.05) is 28.5 Å². The summed E-state index contributed by atoms with van der Waals surface area (Å²) in [4.78, 5) is 29.9. The monoisotopic (exact) mass is 725 g/mol. The molecule has 0 aliphatic rings. The van der Waals surface area contributed by atoms with E-state index in [1.165, 1.54) is 24.1 Å². The van der Waals surface area contributed by atoms with Crippen molar-refractivity contribution in [2.45, 2.75) is 50.2 Å². The molecule has 242 valence electrons. The minimum Gasteiger partial charge on any atom is -0.497 e. The van der Waals surface area contributed by atoms with Crippen LogP contribution in [0, 0.1) is 0 Å². The van der Waals surface area contributed by atoms with E-state index < -0.39 is 28.5 Å². The summed E-state index contributed by atoms with van der Waals surface area (Å²) in [6.07, 6.45) is 0.933. The Morgan fingerprint density at radius 2 is 1.57 bits per heavy atom. The van der Waals surface area contributed by atoms with Gasteiger partial charge in [0.05, 0.1) is 17.7 Å². The number of carbonyl (C=O) groups is 2. The average Bonchev–Trinajstić information content (AvgIpc) is 3.06. The number of sulfonamides is 1. The van der Waals surface area contributed by atoms with E-state index in [4.69, 9.17) is 16.3 Å². The molecule has 0 saturated carbocycles. The molecule has 2 atom stereocenters. The molecular formula is C35H37BrClN3O5S. The number of methoxy groups -OCH3 is 1. The van der Waals surface area contributed by atoms with Crippen molar-refractivity contribution < 1.29 is 22.7 Å². The van der Waals surface area contributed by atoms with E-state index in [1.54, 1.807) is 36.4 Å². The Labute approximate surface area is 284 Å². The summed E-state index contributed by atoms with van der Waals surface area (Å²) in [5.74, 6) is -0.380. The topological polar surface area (TPSA) is 96.0 Å². The largest absolute Gasteiger partial charge is 0.497 e. The number of halogens is 2. The summed E-state index contributed by atoms with van der Waals surface area (Å²) in [6.45, 7) is 3.38. The van der Waals surface area contributed by atoms with E-state index in [2.05, 4.69) is 21.2 Å². The molecule has 4 aromatic rings. The standard InChI is InChI=1S/C35H37BrClN3O5S/c1-4-25(2)38-35(42)33(22-26-9-6-5-7-10-26)39(23-27-11-8-12-28(36)21-27)34(41)24-40(30-15-13-29(37)14-16-30)46(43,44)32-19-17-31(45-3)18-20-32/h5-21,25,33H,4,22-24H2,1-3H3,(H,38,42). The molecule has 8 nitrogen and oxygen atoms in total. The fourth-order valence-corrected chi connectivity index (χ4v) is 6.82. The second kappa shape index (κ2) is 16.1. The van der Waals surface area contributed by atoms with Crippen molar-refractivity contribution in [2.24, 2.45) is 0 Å². The fourth-order valence-electron chi connectivity index (χ4n) is 4.84. The molecule has 0 fully saturated rings. The van der Waals surface area contributed by atoms with Crippen molar-refractivity contribution in [3.8, 4) is 5.75 Å². The predicted octanol–water partition coefficient (Wildman–Crippen LogP) is 6.86. The van der Waals surface area contributed by atoms with Crippen LogP contribution in [0.4, 0.5) is 5.69 Å². The highest BCUT2D eigenvalue weighted by Crippen LogP contribution is 2.27. The van der Waals surface area contributed by atoms with Gasteiger partial charge in [-0.15, -0.1) is 0 Å². The van der Waals surface area contributed by atoms with E-state index in [0.29, 0.717) is 17.2 Å². The van der Waals surface area contributed by atoms with Gasteiger partial charge in [-0.1, -0.05) is 76.9 Å². The van der Waals surface area contributed by atoms with Crippen molar-refractivity contribution in [3.63, 3.8) is 0 Å². The van der Waals surface area contributed by atoms with Gasteiger partial charge in [0.15, 0.2) is 0 Å². The summed E-state index contributed by atoms with van der Waals surface area (Å²) in [6, 6.07) is 28.0. The molecule has 0 radical (unpaired) electrons. The zero-order chi connectivity index (χ0) is 33.3. The second-order valence-electron chi connectivity index (χ2n) is 10.8. The van der Waals surface area contributed by atoms with Gasteiger partial charge >= 0.3 is 0 Å². The molecular weight excluding hydrogens is 690 g/mol. The quantitative estimate of drug-likeness (QED) is 0.153. The first-order chi connectivity index (χ1) is 22.0. The van der Waals surface area contributed by atoms with E-state index in [1.807, 2.05) is 68.4 Å². The SMILES string of the molecule is CCC(C)NC(=O)C(Cc1ccccc1)N(Cc1cccc(Br)c1)C(=O)CN(c1ccc(Cl)cc1)S(=O)(=O)c1ccc(OC)cc1. The van der Waals surface area contributed by atoms with Crippen LogP contribution in [-0.4, -0.2) is 50.9 Å². The number of nitrogens with zero attached hydrogens (tertiary/aromatic N) is 2. The number of hydrogen-bond acceptors (Lipinski definition) is 5. The van der Waals surface area contributed by atoms with Crippen molar-refractivity contribution in [2.75, 3.05) is 18.0 Å². The Balaban J connectivity index is 1.80. The van der Waals surface area contributed by atoms with Crippen LogP contribution in [0.25, 0.3) is 0 Å². The molecule has 11 heteroatoms. The predicted molar refractivity (Wildman–Crippen MR) is 185 cm³/mol. The van der Waals surface area contributed by atoms with Crippen molar-refractivity contribution in [3.05, 3.63) is 124 Å². The molecule has 4 aromatic carbocycles. The number of nitrogens with one attached hydrogen (secondary N) is 1. The lowest BCUT2D eigenvalue weighted by Gasteiger charge is -2.34. The number of carbonyl (C=O) groups excluding carboxylic acids is 2. The molecule has 0 spiro atoms. The van der Waals surface area contributed by atoms with Gasteiger partial charge < -0.3 is 15.0 Å². The lowest BCUT2D eigenvalue weighted by atomic mass is 10.0. The third kappa shape index (κ3) is 9.11. The van der Waals surface area contributed by atoms with E-state index in [-0.39, 0.29) is 35.5 Å². The second-order valence-corrected chi connectivity index (χ2v) is 14.1. The van der Waals surface area contributed by atoms with Crippen LogP contribution in [0.1, 0.15) is 31.4 Å². The van der Waals surface area contributed by atoms with Gasteiger partial charge in [0.25, 0.3) is 10.0 Å². The van der Waals surface area contributed by atoms with Gasteiger partial charge in [-0.05, 0) is 85.1 Å². The van der Waals surface area contributed by atoms with E-state index >= 15 is 0 Å². The number of amides is 2. The van der Waals surface area contributed by atoms with Crippen molar-refractivity contribution in [1.29, 1.82) is 0 Å². The first-order valence-corrected chi connectivity index (χ1v) is 17.4. The highest BCUT2D eigenvalue weighted by Gasteiger charge is 2.35. The Hall–Kier alpha value is -3.86. The van der Waals surface area contributed by atoms with Crippen LogP contribution in [0.3, 0.4) is 0 Å². The summed E-state index contributed by atoms with van der Waals surface area (Å²) in [5, 5.41) is 3.45. The molecule has 0 aliphatic heterocycles. The Bertz CT molecular complexity index is 1720. The summed E-state index contributed by atoms with van der Waals surface area (Å²) >= 11 is 9.64. The third-order valence-electron chi connectivity index (χ3n) is 7.55. The average molecular weight is 727 g/mol. The minimum absolute atomic E-state index is 0.0232. The molecule has 0 aliphatic carbocycles. The Morgan fingerprint density at radius 3 is 2.17 bits per heavy atom. The maximum Gasteiger partial charge on any atom is 0.264 e. The molecule has 0 heterocycles. The van der Waals surface area contributed by atoms with Crippen LogP contribution in [-0.2, 0) is 32.6 Å². The lowest BCUT2D eigenvalue weighted by molar-refractivity contribution is -0.140. The van der Waals surface area contributed by atoms with Crippen LogP contribution in [0.15, 0.2) is 112 Å². The van der Waals surface area contributed by atoms with Gasteiger partial charge in [-0.3, -0.25) is 13.9 Å². The summed E-state index contributed by atoms with van der Waals surface area (Å²) < 4.78 is 35.4. The molecule has 0 bridgehead atoms. The van der Waals surface area contributed by atoms with Crippen LogP contribution >= 0.6 is 27.5 Å². The first kappa shape index (κ1) is 35.0. The number of rotatable bonds is 14. The summed E-state index contributed by atoms with van der Waals surface area (Å²) in [7, 11) is -2.76. The molecule has 4 rings (SSSR count). The fraction of sp³-hybridized carbons (Fsp3) is 0.257. The number of anilines is 1. The first-order valence-electron chi connectivity index (χ1n) is 14.8. The van der Waals surface area contributed by atoms with Crippen molar-refractivity contribution in [1.82, 2.24) is 10.2 Å². The zero-order valence-corrected chi connectivity index (χ0v) is 29.1. The van der Waals surface area contributed by atoms with Gasteiger partial charge in [-0.2, -0.15) is 0 Å². The Kier molecular flexibility index (Phi) is 12.3. The lowest BCUT2D eigenvalue weighted by Crippen LogP contribution is -2.54. The van der Waals surface area contributed by atoms with Gasteiger partial charge in [-0.25, -0.2) is 8.42 Å². The minimum atomic E-state index is -4.25. The normalized spacial score (nSPS) is 12.5. The molecule has 0 saturated heterocycles. The molecule has 2 unspecified atom stereocenters. The smallest absolute Gasteiger partial charge is 0.264 e. The van der Waals surface area contributed by atoms with Crippen LogP contribution in [0.2, 0.25) is 5.02 Å². The molecule has 0 aromatic heterocycles. The van der Waals surface area contributed by atoms with E-state index in [0.717, 1.165) is 19.9 Å². The van der Waals surface area contributed by atoms with E-state index in [9.17, 15) is 18.0 Å². The van der Waals surface area contributed by atoms with Crippen molar-refractivity contribution >= 4 is 55.1 Å². The highest BCUT2D eigenvalue weighted by molar-refractivity contribution is 9.10. The molecule has 46 heavy (non-hydrogen) atoms. The maximum absolute atomic E-state index is 14.5. The van der Waals surface area contributed by atoms with Crippen LogP contribution < -0.4 is 14.4 Å². The van der Waals surface area contributed by atoms with Gasteiger partial charge in [0.1, 0.15) is 18.3 Å². The number of benzene rings is 4. The molecule has 2 amide bonds. The number of ether oxygens (including phenoxy) is 1. The van der Waals surface area contributed by atoms with Gasteiger partial charge in [0.2, 0.25) is 11.8 Å². The maximum atomic E-state index is 14.5. The van der Waals surface area contributed by atoms with Crippen LogP contribution in [0.5, 0.6) is 5.75 Å². The third-order valence-corrected chi connectivity index (χ3v) is 10.1. The number of hydrogen-bond donors (Lipinski definition) is 1. The Morgan fingerprint density at radius 1 is 0.913 bits per heavy atom. The summed E-state index contributed by atoms with van der Waals surface area (Å²) in [5.41, 5.74) is 1.88. The zero-order valence-electron chi connectivity index (χ0n) is 25.9. The highest BCUT2D eigenvalue weighted by atomic mass is 79.9. The molecule has 1 N–H and O–H groups in total.